The maximum absolute atomic E-state index is 11.9. The van der Waals surface area contributed by atoms with Crippen LogP contribution < -0.4 is 33.3 Å². The van der Waals surface area contributed by atoms with Gasteiger partial charge in [-0.2, -0.15) is 0 Å². The Morgan fingerprint density at radius 3 is 1.33 bits per heavy atom. The SMILES string of the molecule is N[C@@H](CC(=O)O)C(O)=c1[nH]c(=O)c(=C(O)[C@@H](N)CC(=O)O)[nH]c1=O. The van der Waals surface area contributed by atoms with Crippen molar-refractivity contribution in [3.8, 4) is 0 Å². The van der Waals surface area contributed by atoms with E-state index in [9.17, 15) is 29.4 Å². The molecular weight excluding hydrogens is 328 g/mol. The molecule has 1 aromatic rings. The van der Waals surface area contributed by atoms with Crippen molar-refractivity contribution in [2.45, 2.75) is 24.9 Å². The summed E-state index contributed by atoms with van der Waals surface area (Å²) in [4.78, 5) is 48.7. The summed E-state index contributed by atoms with van der Waals surface area (Å²) in [5.74, 6) is -4.40. The Hall–Kier alpha value is -3.12. The summed E-state index contributed by atoms with van der Waals surface area (Å²) in [5.41, 5.74) is 8.60. The fourth-order valence-electron chi connectivity index (χ4n) is 1.77. The number of hydrogen-bond donors (Lipinski definition) is 8. The van der Waals surface area contributed by atoms with Gasteiger partial charge in [-0.1, -0.05) is 0 Å². The zero-order valence-corrected chi connectivity index (χ0v) is 12.1. The third-order valence-electron chi connectivity index (χ3n) is 2.93. The molecule has 12 heteroatoms. The van der Waals surface area contributed by atoms with E-state index in [4.69, 9.17) is 21.7 Å². The largest absolute Gasteiger partial charge is 0.508 e. The topological polar surface area (TPSA) is 233 Å². The summed E-state index contributed by atoms with van der Waals surface area (Å²) < 4.78 is 0. The number of nitrogens with one attached hydrogen (secondary N) is 2. The van der Waals surface area contributed by atoms with Gasteiger partial charge >= 0.3 is 11.9 Å². The summed E-state index contributed by atoms with van der Waals surface area (Å²) in [7, 11) is 0. The summed E-state index contributed by atoms with van der Waals surface area (Å²) in [6.07, 6.45) is -1.40. The number of aliphatic hydroxyl groups is 2. The molecule has 0 radical (unpaired) electrons. The van der Waals surface area contributed by atoms with Gasteiger partial charge in [-0.3, -0.25) is 19.2 Å². The van der Waals surface area contributed by atoms with E-state index < -0.39 is 70.2 Å². The van der Waals surface area contributed by atoms with Crippen molar-refractivity contribution in [3.05, 3.63) is 31.4 Å². The zero-order chi connectivity index (χ0) is 18.6. The van der Waals surface area contributed by atoms with Crippen molar-refractivity contribution >= 4 is 23.5 Å². The number of aromatic amines is 2. The van der Waals surface area contributed by atoms with Crippen LogP contribution in [-0.2, 0) is 9.59 Å². The van der Waals surface area contributed by atoms with Crippen molar-refractivity contribution in [3.63, 3.8) is 0 Å². The molecule has 24 heavy (non-hydrogen) atoms. The number of H-pyrrole nitrogens is 2. The molecule has 1 heterocycles. The number of carboxylic acid groups (broad SMARTS) is 2. The fraction of sp³-hybridized carbons (Fsp3) is 0.333. The first-order valence-electron chi connectivity index (χ1n) is 6.48. The summed E-state index contributed by atoms with van der Waals surface area (Å²) in [5, 5.41) is 35.4. The molecule has 0 aliphatic rings. The molecule has 0 spiro atoms. The minimum atomic E-state index is -1.45. The highest BCUT2D eigenvalue weighted by atomic mass is 16.4. The Labute approximate surface area is 132 Å². The predicted octanol–water partition coefficient (Wildman–Crippen LogP) is -4.00. The maximum Gasteiger partial charge on any atom is 0.305 e. The number of aliphatic hydroxyl groups excluding tert-OH is 2. The lowest BCUT2D eigenvalue weighted by atomic mass is 10.1. The molecule has 0 unspecified atom stereocenters. The second-order valence-electron chi connectivity index (χ2n) is 4.84. The molecule has 0 amide bonds. The van der Waals surface area contributed by atoms with Crippen LogP contribution in [0, 0.1) is 0 Å². The van der Waals surface area contributed by atoms with E-state index in [1.807, 2.05) is 9.97 Å². The Morgan fingerprint density at radius 2 is 1.08 bits per heavy atom. The number of aromatic nitrogens is 2. The van der Waals surface area contributed by atoms with E-state index in [2.05, 4.69) is 0 Å². The number of carbonyl (C=O) groups is 2. The Morgan fingerprint density at radius 1 is 0.792 bits per heavy atom. The number of aliphatic carboxylic acids is 2. The molecule has 1 aromatic heterocycles. The molecule has 0 bridgehead atoms. The molecule has 0 saturated heterocycles. The monoisotopic (exact) mass is 344 g/mol. The lowest BCUT2D eigenvalue weighted by molar-refractivity contribution is -0.138. The van der Waals surface area contributed by atoms with Gasteiger partial charge in [0.2, 0.25) is 0 Å². The van der Waals surface area contributed by atoms with Gasteiger partial charge < -0.3 is 41.9 Å². The Balaban J connectivity index is 3.54. The summed E-state index contributed by atoms with van der Waals surface area (Å²) in [6.45, 7) is 0. The van der Waals surface area contributed by atoms with E-state index in [0.29, 0.717) is 0 Å². The van der Waals surface area contributed by atoms with Gasteiger partial charge in [-0.25, -0.2) is 0 Å². The van der Waals surface area contributed by atoms with Crippen LogP contribution in [0.4, 0.5) is 0 Å². The van der Waals surface area contributed by atoms with Gasteiger partial charge in [0, 0.05) is 0 Å². The minimum Gasteiger partial charge on any atom is -0.508 e. The number of nitrogens with two attached hydrogens (primary N) is 2. The van der Waals surface area contributed by atoms with Crippen molar-refractivity contribution in [2.24, 2.45) is 11.5 Å². The summed E-state index contributed by atoms with van der Waals surface area (Å²) >= 11 is 0. The fourth-order valence-corrected chi connectivity index (χ4v) is 1.77. The van der Waals surface area contributed by atoms with Gasteiger partial charge in [0.25, 0.3) is 11.1 Å². The first-order valence-corrected chi connectivity index (χ1v) is 6.48. The normalized spacial score (nSPS) is 16.1. The molecular formula is C12H16N4O8. The molecule has 0 saturated carbocycles. The first-order chi connectivity index (χ1) is 11.0. The van der Waals surface area contributed by atoms with E-state index in [1.165, 1.54) is 0 Å². The lowest BCUT2D eigenvalue weighted by Crippen LogP contribution is -2.51. The highest BCUT2D eigenvalue weighted by molar-refractivity contribution is 5.70. The highest BCUT2D eigenvalue weighted by Crippen LogP contribution is 1.98. The quantitative estimate of drug-likeness (QED) is 0.249. The van der Waals surface area contributed by atoms with Crippen LogP contribution in [0.5, 0.6) is 0 Å². The maximum atomic E-state index is 11.9. The van der Waals surface area contributed by atoms with Gasteiger partial charge in [0.1, 0.15) is 22.2 Å². The highest BCUT2D eigenvalue weighted by Gasteiger charge is 2.18. The Bertz CT molecular complexity index is 810. The molecule has 0 aliphatic carbocycles. The third-order valence-corrected chi connectivity index (χ3v) is 2.93. The zero-order valence-electron chi connectivity index (χ0n) is 12.1. The van der Waals surface area contributed by atoms with Crippen molar-refractivity contribution < 1.29 is 30.0 Å². The van der Waals surface area contributed by atoms with Crippen LogP contribution >= 0.6 is 0 Å². The molecule has 10 N–H and O–H groups in total. The van der Waals surface area contributed by atoms with E-state index in [1.54, 1.807) is 0 Å². The minimum absolute atomic E-state index is 0.683. The van der Waals surface area contributed by atoms with E-state index in [-0.39, 0.29) is 0 Å². The van der Waals surface area contributed by atoms with Crippen LogP contribution in [-0.4, -0.2) is 54.4 Å². The van der Waals surface area contributed by atoms with Crippen LogP contribution in [0.2, 0.25) is 0 Å². The standard InChI is InChI=1S/C12H16N4O8/c13-3(1-5(17)18)9(21)7-11(23)16-8(12(24)15-7)10(22)4(14)2-6(19)20/h3-4,21-22H,1-2,13-14H2,(H,15,24)(H,16,23)(H,17,18)(H,19,20)/t3-,4-/m0/s1. The molecule has 12 nitrogen and oxygen atoms in total. The van der Waals surface area contributed by atoms with Crippen molar-refractivity contribution in [1.82, 2.24) is 9.97 Å². The predicted molar refractivity (Wildman–Crippen MR) is 79.5 cm³/mol. The molecule has 0 fully saturated rings. The molecule has 0 aromatic carbocycles. The number of hydrogen-bond acceptors (Lipinski definition) is 8. The molecule has 132 valence electrons. The van der Waals surface area contributed by atoms with Crippen molar-refractivity contribution in [2.75, 3.05) is 0 Å². The second-order valence-corrected chi connectivity index (χ2v) is 4.84. The van der Waals surface area contributed by atoms with E-state index in [0.717, 1.165) is 0 Å². The van der Waals surface area contributed by atoms with Crippen LogP contribution in [0.3, 0.4) is 0 Å². The Kier molecular flexibility index (Phi) is 5.86. The third kappa shape index (κ3) is 4.44. The number of carboxylic acids is 2. The molecule has 1 rings (SSSR count). The van der Waals surface area contributed by atoms with Crippen LogP contribution in [0.25, 0.3) is 11.5 Å². The second kappa shape index (κ2) is 7.43. The lowest BCUT2D eigenvalue weighted by Gasteiger charge is -2.08. The number of rotatable bonds is 6. The smallest absolute Gasteiger partial charge is 0.305 e. The summed E-state index contributed by atoms with van der Waals surface area (Å²) in [6, 6.07) is -2.89. The van der Waals surface area contributed by atoms with Gasteiger partial charge in [0.15, 0.2) is 0 Å². The van der Waals surface area contributed by atoms with E-state index >= 15 is 0 Å². The average molecular weight is 344 g/mol. The van der Waals surface area contributed by atoms with Gasteiger partial charge in [0.05, 0.1) is 24.9 Å². The molecule has 2 atom stereocenters. The molecule has 0 aliphatic heterocycles. The van der Waals surface area contributed by atoms with Gasteiger partial charge in [-0.15, -0.1) is 0 Å². The van der Waals surface area contributed by atoms with Crippen LogP contribution in [0.1, 0.15) is 12.8 Å². The average Bonchev–Trinajstić information content (AvgIpc) is 2.46. The van der Waals surface area contributed by atoms with Crippen LogP contribution in [0.15, 0.2) is 9.59 Å². The first kappa shape index (κ1) is 18.9. The van der Waals surface area contributed by atoms with Crippen molar-refractivity contribution in [1.29, 1.82) is 0 Å². The van der Waals surface area contributed by atoms with Gasteiger partial charge in [-0.05, 0) is 0 Å².